The molecule has 0 amide bonds. The molecule has 3 rings (SSSR count). The second-order valence-electron chi connectivity index (χ2n) is 4.13. The van der Waals surface area contributed by atoms with Gasteiger partial charge < -0.3 is 0 Å². The predicted octanol–water partition coefficient (Wildman–Crippen LogP) is 3.61. The van der Waals surface area contributed by atoms with Gasteiger partial charge in [0.1, 0.15) is 0 Å². The normalized spacial score (nSPS) is 10.6. The van der Waals surface area contributed by atoms with E-state index >= 15 is 0 Å². The van der Waals surface area contributed by atoms with E-state index in [1.807, 2.05) is 31.5 Å². The zero-order valence-corrected chi connectivity index (χ0v) is 9.59. The molecule has 0 atom stereocenters. The molecule has 1 aromatic carbocycles. The highest BCUT2D eigenvalue weighted by Gasteiger charge is 2.00. The van der Waals surface area contributed by atoms with Gasteiger partial charge in [-0.25, -0.2) is 0 Å². The van der Waals surface area contributed by atoms with Crippen LogP contribution >= 0.6 is 0 Å². The van der Waals surface area contributed by atoms with Crippen molar-refractivity contribution in [3.05, 3.63) is 60.4 Å². The number of benzene rings is 1. The Balaban J connectivity index is 2.14. The highest BCUT2D eigenvalue weighted by molar-refractivity contribution is 5.83. The molecular weight excluding hydrogens is 208 g/mol. The second kappa shape index (κ2) is 3.98. The van der Waals surface area contributed by atoms with E-state index in [-0.39, 0.29) is 0 Å². The lowest BCUT2D eigenvalue weighted by molar-refractivity contribution is 1.27. The summed E-state index contributed by atoms with van der Waals surface area (Å²) < 4.78 is 0. The summed E-state index contributed by atoms with van der Waals surface area (Å²) in [5.41, 5.74) is 4.28. The van der Waals surface area contributed by atoms with Gasteiger partial charge in [-0.05, 0) is 30.7 Å². The fourth-order valence-electron chi connectivity index (χ4n) is 1.86. The van der Waals surface area contributed by atoms with Crippen LogP contribution in [-0.4, -0.2) is 9.97 Å². The Kier molecular flexibility index (Phi) is 2.33. The summed E-state index contributed by atoms with van der Waals surface area (Å²) in [4.78, 5) is 8.78. The standard InChI is InChI=1S/C15H12N2/c1-11-4-7-14(17-10-11)13-6-5-12-3-2-8-16-15(12)9-13/h2-10H,1H3. The average Bonchev–Trinajstić information content (AvgIpc) is 2.39. The minimum atomic E-state index is 0.989. The third-order valence-corrected chi connectivity index (χ3v) is 2.81. The molecule has 0 aliphatic rings. The molecule has 0 radical (unpaired) electrons. The van der Waals surface area contributed by atoms with E-state index in [1.165, 1.54) is 5.56 Å². The van der Waals surface area contributed by atoms with E-state index in [9.17, 15) is 0 Å². The zero-order valence-electron chi connectivity index (χ0n) is 9.59. The van der Waals surface area contributed by atoms with Gasteiger partial charge >= 0.3 is 0 Å². The van der Waals surface area contributed by atoms with Crippen molar-refractivity contribution < 1.29 is 0 Å². The first-order valence-electron chi connectivity index (χ1n) is 5.61. The lowest BCUT2D eigenvalue weighted by Crippen LogP contribution is -1.85. The largest absolute Gasteiger partial charge is 0.256 e. The third kappa shape index (κ3) is 1.89. The number of pyridine rings is 2. The molecular formula is C15H12N2. The Morgan fingerprint density at radius 1 is 0.941 bits per heavy atom. The van der Waals surface area contributed by atoms with Gasteiger partial charge in [0, 0.05) is 23.3 Å². The number of aromatic nitrogens is 2. The topological polar surface area (TPSA) is 25.8 Å². The molecule has 2 nitrogen and oxygen atoms in total. The van der Waals surface area contributed by atoms with Crippen molar-refractivity contribution in [2.75, 3.05) is 0 Å². The van der Waals surface area contributed by atoms with Crippen LogP contribution in [0.2, 0.25) is 0 Å². The smallest absolute Gasteiger partial charge is 0.0708 e. The number of nitrogens with zero attached hydrogens (tertiary/aromatic N) is 2. The van der Waals surface area contributed by atoms with Crippen LogP contribution in [-0.2, 0) is 0 Å². The van der Waals surface area contributed by atoms with Crippen LogP contribution in [0.5, 0.6) is 0 Å². The lowest BCUT2D eigenvalue weighted by atomic mass is 10.1. The fraction of sp³-hybridized carbons (Fsp3) is 0.0667. The highest BCUT2D eigenvalue weighted by atomic mass is 14.7. The fourth-order valence-corrected chi connectivity index (χ4v) is 1.86. The van der Waals surface area contributed by atoms with Crippen LogP contribution in [0.3, 0.4) is 0 Å². The summed E-state index contributed by atoms with van der Waals surface area (Å²) in [6.45, 7) is 2.04. The van der Waals surface area contributed by atoms with Crippen molar-refractivity contribution in [2.24, 2.45) is 0 Å². The first-order chi connectivity index (χ1) is 8.33. The summed E-state index contributed by atoms with van der Waals surface area (Å²) in [5, 5.41) is 1.16. The molecule has 0 spiro atoms. The molecule has 0 bridgehead atoms. The van der Waals surface area contributed by atoms with Crippen molar-refractivity contribution in [3.63, 3.8) is 0 Å². The molecule has 0 saturated heterocycles. The van der Waals surface area contributed by atoms with Gasteiger partial charge in [-0.15, -0.1) is 0 Å². The van der Waals surface area contributed by atoms with Crippen LogP contribution in [0.25, 0.3) is 22.2 Å². The van der Waals surface area contributed by atoms with E-state index in [4.69, 9.17) is 0 Å². The summed E-state index contributed by atoms with van der Waals surface area (Å²) in [5.74, 6) is 0. The van der Waals surface area contributed by atoms with Crippen molar-refractivity contribution in [1.82, 2.24) is 9.97 Å². The van der Waals surface area contributed by atoms with Crippen LogP contribution in [0.15, 0.2) is 54.9 Å². The summed E-state index contributed by atoms with van der Waals surface area (Å²) >= 11 is 0. The molecule has 0 saturated carbocycles. The number of fused-ring (bicyclic) bond motifs is 1. The highest BCUT2D eigenvalue weighted by Crippen LogP contribution is 2.21. The Bertz CT molecular complexity index is 657. The molecule has 0 aliphatic carbocycles. The molecule has 2 aromatic heterocycles. The van der Waals surface area contributed by atoms with E-state index < -0.39 is 0 Å². The number of rotatable bonds is 1. The SMILES string of the molecule is Cc1ccc(-c2ccc3cccnc3c2)nc1. The van der Waals surface area contributed by atoms with Crippen LogP contribution in [0.4, 0.5) is 0 Å². The maximum atomic E-state index is 4.43. The van der Waals surface area contributed by atoms with E-state index in [0.717, 1.165) is 22.2 Å². The second-order valence-corrected chi connectivity index (χ2v) is 4.13. The monoisotopic (exact) mass is 220 g/mol. The Hall–Kier alpha value is -2.22. The van der Waals surface area contributed by atoms with Gasteiger partial charge in [-0.2, -0.15) is 0 Å². The maximum absolute atomic E-state index is 4.43. The quantitative estimate of drug-likeness (QED) is 0.626. The van der Waals surface area contributed by atoms with Gasteiger partial charge in [-0.3, -0.25) is 9.97 Å². The summed E-state index contributed by atoms with van der Waals surface area (Å²) in [6, 6.07) is 14.4. The molecule has 0 unspecified atom stereocenters. The minimum absolute atomic E-state index is 0.989. The summed E-state index contributed by atoms with van der Waals surface area (Å²) in [6.07, 6.45) is 3.70. The first kappa shape index (κ1) is 9.97. The molecule has 2 heteroatoms. The zero-order chi connectivity index (χ0) is 11.7. The van der Waals surface area contributed by atoms with Gasteiger partial charge in [-0.1, -0.05) is 24.3 Å². The van der Waals surface area contributed by atoms with Gasteiger partial charge in [0.2, 0.25) is 0 Å². The molecule has 2 heterocycles. The number of aryl methyl sites for hydroxylation is 1. The van der Waals surface area contributed by atoms with Crippen molar-refractivity contribution in [1.29, 1.82) is 0 Å². The van der Waals surface area contributed by atoms with E-state index in [2.05, 4.69) is 40.3 Å². The molecule has 82 valence electrons. The molecule has 3 aromatic rings. The van der Waals surface area contributed by atoms with Crippen molar-refractivity contribution >= 4 is 10.9 Å². The molecule has 0 aliphatic heterocycles. The van der Waals surface area contributed by atoms with Crippen LogP contribution in [0, 0.1) is 6.92 Å². The van der Waals surface area contributed by atoms with Crippen molar-refractivity contribution in [3.8, 4) is 11.3 Å². The minimum Gasteiger partial charge on any atom is -0.256 e. The van der Waals surface area contributed by atoms with Gasteiger partial charge in [0.05, 0.1) is 11.2 Å². The molecule has 0 fully saturated rings. The Morgan fingerprint density at radius 2 is 1.88 bits per heavy atom. The van der Waals surface area contributed by atoms with E-state index in [0.29, 0.717) is 0 Å². The van der Waals surface area contributed by atoms with Crippen LogP contribution in [0.1, 0.15) is 5.56 Å². The average molecular weight is 220 g/mol. The van der Waals surface area contributed by atoms with E-state index in [1.54, 1.807) is 0 Å². The van der Waals surface area contributed by atoms with Gasteiger partial charge in [0.25, 0.3) is 0 Å². The van der Waals surface area contributed by atoms with Crippen LogP contribution < -0.4 is 0 Å². The number of hydrogen-bond donors (Lipinski definition) is 0. The Labute approximate surface area is 100.0 Å². The first-order valence-corrected chi connectivity index (χ1v) is 5.61. The third-order valence-electron chi connectivity index (χ3n) is 2.81. The molecule has 0 N–H and O–H groups in total. The lowest BCUT2D eigenvalue weighted by Gasteiger charge is -2.03. The maximum Gasteiger partial charge on any atom is 0.0708 e. The molecule has 17 heavy (non-hydrogen) atoms. The van der Waals surface area contributed by atoms with Gasteiger partial charge in [0.15, 0.2) is 0 Å². The summed E-state index contributed by atoms with van der Waals surface area (Å²) in [7, 11) is 0. The number of hydrogen-bond acceptors (Lipinski definition) is 2. The Morgan fingerprint density at radius 3 is 2.71 bits per heavy atom. The van der Waals surface area contributed by atoms with Crippen molar-refractivity contribution in [2.45, 2.75) is 6.92 Å². The predicted molar refractivity (Wildman–Crippen MR) is 69.7 cm³/mol.